The van der Waals surface area contributed by atoms with Crippen LogP contribution in [-0.2, 0) is 14.4 Å². The second kappa shape index (κ2) is 6.53. The van der Waals surface area contributed by atoms with Crippen LogP contribution in [0.15, 0.2) is 16.7 Å². The van der Waals surface area contributed by atoms with Crippen LogP contribution in [0.4, 0.5) is 0 Å². The van der Waals surface area contributed by atoms with Crippen molar-refractivity contribution in [3.8, 4) is 17.2 Å². The van der Waals surface area contributed by atoms with E-state index in [0.717, 1.165) is 13.2 Å². The van der Waals surface area contributed by atoms with Gasteiger partial charge in [0.15, 0.2) is 17.1 Å². The molecular weight excluding hydrogens is 320 g/mol. The Morgan fingerprint density at radius 1 is 0.792 bits per heavy atom. The normalized spacial score (nSPS) is 10.3. The first kappa shape index (κ1) is 17.2. The SMILES string of the molecule is CC(=O)Oc1cc(OC(C)=O)c2c(OC(C)=O)coc2c1C(C)=O. The molecule has 1 aromatic heterocycles. The van der Waals surface area contributed by atoms with Crippen LogP contribution in [0.3, 0.4) is 0 Å². The Balaban J connectivity index is 2.82. The molecule has 0 radical (unpaired) electrons. The van der Waals surface area contributed by atoms with Crippen LogP contribution in [0, 0.1) is 0 Å². The number of rotatable bonds is 4. The van der Waals surface area contributed by atoms with Crippen molar-refractivity contribution in [2.24, 2.45) is 0 Å². The lowest BCUT2D eigenvalue weighted by Gasteiger charge is -2.11. The molecule has 0 fully saturated rings. The van der Waals surface area contributed by atoms with Crippen LogP contribution in [0.5, 0.6) is 17.2 Å². The number of ether oxygens (including phenoxy) is 3. The molecule has 126 valence electrons. The maximum atomic E-state index is 12.0. The molecule has 0 aliphatic carbocycles. The van der Waals surface area contributed by atoms with E-state index < -0.39 is 23.7 Å². The molecule has 8 nitrogen and oxygen atoms in total. The number of furan rings is 1. The molecule has 2 rings (SSSR count). The molecule has 0 aliphatic rings. The molecule has 2 aromatic rings. The number of ketones is 1. The lowest BCUT2D eigenvalue weighted by atomic mass is 10.1. The van der Waals surface area contributed by atoms with Gasteiger partial charge in [0.05, 0.1) is 0 Å². The van der Waals surface area contributed by atoms with E-state index in [9.17, 15) is 19.2 Å². The molecule has 0 unspecified atom stereocenters. The smallest absolute Gasteiger partial charge is 0.308 e. The number of fused-ring (bicyclic) bond motifs is 1. The largest absolute Gasteiger partial charge is 0.459 e. The molecule has 0 bridgehead atoms. The predicted octanol–water partition coefficient (Wildman–Crippen LogP) is 2.41. The molecule has 0 spiro atoms. The minimum Gasteiger partial charge on any atom is -0.459 e. The summed E-state index contributed by atoms with van der Waals surface area (Å²) in [6, 6.07) is 1.20. The number of benzene rings is 1. The Morgan fingerprint density at radius 2 is 1.29 bits per heavy atom. The van der Waals surface area contributed by atoms with Crippen molar-refractivity contribution in [2.45, 2.75) is 27.7 Å². The van der Waals surface area contributed by atoms with Crippen molar-refractivity contribution in [3.05, 3.63) is 17.9 Å². The average molecular weight is 334 g/mol. The van der Waals surface area contributed by atoms with Gasteiger partial charge < -0.3 is 18.6 Å². The van der Waals surface area contributed by atoms with E-state index in [2.05, 4.69) is 0 Å². The number of carbonyl (C=O) groups excluding carboxylic acids is 4. The third kappa shape index (κ3) is 3.43. The van der Waals surface area contributed by atoms with Gasteiger partial charge in [-0.25, -0.2) is 0 Å². The summed E-state index contributed by atoms with van der Waals surface area (Å²) in [7, 11) is 0. The summed E-state index contributed by atoms with van der Waals surface area (Å²) >= 11 is 0. The highest BCUT2D eigenvalue weighted by Crippen LogP contribution is 2.43. The summed E-state index contributed by atoms with van der Waals surface area (Å²) in [6.07, 6.45) is 1.10. The fourth-order valence-electron chi connectivity index (χ4n) is 2.17. The number of Topliss-reactive ketones (excluding diaryl/α,β-unsaturated/α-hetero) is 1. The van der Waals surface area contributed by atoms with Crippen LogP contribution < -0.4 is 14.2 Å². The van der Waals surface area contributed by atoms with E-state index >= 15 is 0 Å². The Morgan fingerprint density at radius 3 is 1.79 bits per heavy atom. The van der Waals surface area contributed by atoms with Gasteiger partial charge >= 0.3 is 17.9 Å². The van der Waals surface area contributed by atoms with Crippen LogP contribution >= 0.6 is 0 Å². The van der Waals surface area contributed by atoms with Gasteiger partial charge in [0, 0.05) is 26.8 Å². The quantitative estimate of drug-likeness (QED) is 0.476. The zero-order valence-electron chi connectivity index (χ0n) is 13.4. The molecular formula is C16H14O8. The van der Waals surface area contributed by atoms with Gasteiger partial charge in [-0.15, -0.1) is 0 Å². The van der Waals surface area contributed by atoms with Crippen LogP contribution in [0.1, 0.15) is 38.1 Å². The van der Waals surface area contributed by atoms with Crippen molar-refractivity contribution >= 4 is 34.7 Å². The molecule has 0 saturated carbocycles. The van der Waals surface area contributed by atoms with Gasteiger partial charge in [-0.1, -0.05) is 0 Å². The Hall–Kier alpha value is -3.16. The number of hydrogen-bond acceptors (Lipinski definition) is 8. The van der Waals surface area contributed by atoms with E-state index in [0.29, 0.717) is 0 Å². The summed E-state index contributed by atoms with van der Waals surface area (Å²) in [6.45, 7) is 4.76. The van der Waals surface area contributed by atoms with Crippen LogP contribution in [-0.4, -0.2) is 23.7 Å². The molecule has 8 heteroatoms. The lowest BCUT2D eigenvalue weighted by molar-refractivity contribution is -0.132. The molecule has 1 heterocycles. The number of hydrogen-bond donors (Lipinski definition) is 0. The van der Waals surface area contributed by atoms with Gasteiger partial charge in [0.1, 0.15) is 28.7 Å². The highest BCUT2D eigenvalue weighted by atomic mass is 16.6. The highest BCUT2D eigenvalue weighted by molar-refractivity contribution is 6.11. The average Bonchev–Trinajstić information content (AvgIpc) is 2.79. The van der Waals surface area contributed by atoms with Crippen molar-refractivity contribution in [1.29, 1.82) is 0 Å². The monoisotopic (exact) mass is 334 g/mol. The van der Waals surface area contributed by atoms with Crippen molar-refractivity contribution < 1.29 is 37.8 Å². The van der Waals surface area contributed by atoms with E-state index in [1.165, 1.54) is 26.8 Å². The summed E-state index contributed by atoms with van der Waals surface area (Å²) in [5.41, 5.74) is -0.0525. The second-order valence-electron chi connectivity index (χ2n) is 4.89. The highest BCUT2D eigenvalue weighted by Gasteiger charge is 2.26. The van der Waals surface area contributed by atoms with Gasteiger partial charge in [-0.3, -0.25) is 19.2 Å². The van der Waals surface area contributed by atoms with E-state index in [1.807, 2.05) is 0 Å². The molecule has 0 amide bonds. The minimum absolute atomic E-state index is 0.0197. The lowest BCUT2D eigenvalue weighted by Crippen LogP contribution is -2.09. The Bertz CT molecular complexity index is 859. The van der Waals surface area contributed by atoms with Crippen molar-refractivity contribution in [3.63, 3.8) is 0 Å². The molecule has 1 aromatic carbocycles. The third-order valence-corrected chi connectivity index (χ3v) is 2.85. The maximum Gasteiger partial charge on any atom is 0.308 e. The van der Waals surface area contributed by atoms with Gasteiger partial charge in [-0.05, 0) is 6.92 Å². The zero-order valence-corrected chi connectivity index (χ0v) is 13.4. The molecule has 0 N–H and O–H groups in total. The molecule has 24 heavy (non-hydrogen) atoms. The Labute approximate surface area is 136 Å². The summed E-state index contributed by atoms with van der Waals surface area (Å²) in [5, 5.41) is 0.113. The fourth-order valence-corrected chi connectivity index (χ4v) is 2.17. The second-order valence-corrected chi connectivity index (χ2v) is 4.89. The van der Waals surface area contributed by atoms with Crippen molar-refractivity contribution in [2.75, 3.05) is 0 Å². The maximum absolute atomic E-state index is 12.0. The molecule has 0 aliphatic heterocycles. The molecule has 0 saturated heterocycles. The van der Waals surface area contributed by atoms with E-state index in [4.69, 9.17) is 18.6 Å². The molecule has 0 atom stereocenters. The van der Waals surface area contributed by atoms with Crippen molar-refractivity contribution in [1.82, 2.24) is 0 Å². The van der Waals surface area contributed by atoms with Gasteiger partial charge in [-0.2, -0.15) is 0 Å². The van der Waals surface area contributed by atoms with Crippen LogP contribution in [0.25, 0.3) is 11.0 Å². The number of carbonyl (C=O) groups is 4. The standard InChI is InChI=1S/C16H14O8/c1-7(17)14-11(22-8(2)18)5-12(23-9(3)19)15-13(24-10(4)20)6-21-16(14)15/h5-6H,1-4H3. The predicted molar refractivity (Wildman–Crippen MR) is 80.1 cm³/mol. The summed E-state index contributed by atoms with van der Waals surface area (Å²) in [4.78, 5) is 45.8. The van der Waals surface area contributed by atoms with Gasteiger partial charge in [0.2, 0.25) is 0 Å². The fraction of sp³-hybridized carbons (Fsp3) is 0.250. The third-order valence-electron chi connectivity index (χ3n) is 2.85. The van der Waals surface area contributed by atoms with Gasteiger partial charge in [0.25, 0.3) is 0 Å². The van der Waals surface area contributed by atoms with Crippen LogP contribution in [0.2, 0.25) is 0 Å². The first-order valence-electron chi connectivity index (χ1n) is 6.85. The zero-order chi connectivity index (χ0) is 18.0. The topological polar surface area (TPSA) is 109 Å². The first-order chi connectivity index (χ1) is 11.2. The first-order valence-corrected chi connectivity index (χ1v) is 6.85. The Kier molecular flexibility index (Phi) is 4.68. The number of esters is 3. The van der Waals surface area contributed by atoms with E-state index in [-0.39, 0.29) is 33.8 Å². The summed E-state index contributed by atoms with van der Waals surface area (Å²) in [5.74, 6) is -2.61. The summed E-state index contributed by atoms with van der Waals surface area (Å²) < 4.78 is 20.4. The minimum atomic E-state index is -0.669. The van der Waals surface area contributed by atoms with E-state index in [1.54, 1.807) is 0 Å².